The highest BCUT2D eigenvalue weighted by Gasteiger charge is 2.17. The summed E-state index contributed by atoms with van der Waals surface area (Å²) in [5.41, 5.74) is 1.99. The van der Waals surface area contributed by atoms with Crippen LogP contribution in [-0.2, 0) is 9.84 Å². The number of H-pyrrole nitrogens is 1. The van der Waals surface area contributed by atoms with Gasteiger partial charge in [0.15, 0.2) is 15.7 Å². The van der Waals surface area contributed by atoms with Gasteiger partial charge in [0.25, 0.3) is 5.88 Å². The van der Waals surface area contributed by atoms with Crippen LogP contribution in [0.1, 0.15) is 19.9 Å². The molecule has 4 rings (SSSR count). The number of pyridine rings is 1. The predicted octanol–water partition coefficient (Wildman–Crippen LogP) is 3.04. The van der Waals surface area contributed by atoms with Crippen molar-refractivity contribution in [2.75, 3.05) is 18.7 Å². The number of anilines is 2. The van der Waals surface area contributed by atoms with E-state index in [9.17, 15) is 8.42 Å². The molecule has 4 aromatic rings. The van der Waals surface area contributed by atoms with Gasteiger partial charge in [-0.15, -0.1) is 5.10 Å². The van der Waals surface area contributed by atoms with Crippen LogP contribution in [0.15, 0.2) is 35.5 Å². The molecule has 0 aliphatic heterocycles. The third-order valence-electron chi connectivity index (χ3n) is 4.47. The van der Waals surface area contributed by atoms with E-state index < -0.39 is 9.84 Å². The molecule has 0 atom stereocenters. The van der Waals surface area contributed by atoms with Gasteiger partial charge in [-0.3, -0.25) is 9.78 Å². The van der Waals surface area contributed by atoms with Crippen LogP contribution in [0, 0.1) is 0 Å². The molecule has 0 unspecified atom stereocenters. The summed E-state index contributed by atoms with van der Waals surface area (Å²) in [7, 11) is -1.76. The van der Waals surface area contributed by atoms with Crippen molar-refractivity contribution in [3.05, 3.63) is 30.6 Å². The summed E-state index contributed by atoms with van der Waals surface area (Å²) in [5, 5.41) is 16.2. The van der Waals surface area contributed by atoms with Gasteiger partial charge < -0.3 is 10.1 Å². The number of benzene rings is 1. The van der Waals surface area contributed by atoms with Crippen molar-refractivity contribution in [2.24, 2.45) is 0 Å². The lowest BCUT2D eigenvalue weighted by molar-refractivity contribution is 0.384. The summed E-state index contributed by atoms with van der Waals surface area (Å²) in [6, 6.07) is 5.04. The zero-order valence-corrected chi connectivity index (χ0v) is 16.7. The van der Waals surface area contributed by atoms with Gasteiger partial charge in [0.2, 0.25) is 0 Å². The molecule has 3 heterocycles. The first kappa shape index (κ1) is 18.2. The summed E-state index contributed by atoms with van der Waals surface area (Å²) >= 11 is 0. The standard InChI is InChI=1S/C18H20N6O3S/c1-10(2)24-9-15(18(23-24)27-3)21-17-16-13(8-19-22-16)12-7-11(28(4,25)26)5-6-14(12)20-17/h5-10H,1-4H3,(H,19,22)(H,20,21). The number of nitrogens with one attached hydrogen (secondary N) is 2. The predicted molar refractivity (Wildman–Crippen MR) is 107 cm³/mol. The fourth-order valence-corrected chi connectivity index (χ4v) is 3.65. The molecule has 0 fully saturated rings. The molecule has 0 aliphatic rings. The summed E-state index contributed by atoms with van der Waals surface area (Å²) in [5.74, 6) is 1.00. The number of sulfone groups is 1. The van der Waals surface area contributed by atoms with E-state index in [1.165, 1.54) is 6.26 Å². The number of hydrogen-bond acceptors (Lipinski definition) is 7. The number of hydrogen-bond donors (Lipinski definition) is 2. The first-order valence-corrected chi connectivity index (χ1v) is 10.5. The van der Waals surface area contributed by atoms with E-state index in [1.54, 1.807) is 36.2 Å². The molecular weight excluding hydrogens is 380 g/mol. The molecule has 0 saturated heterocycles. The molecule has 0 spiro atoms. The van der Waals surface area contributed by atoms with Gasteiger partial charge in [-0.1, -0.05) is 0 Å². The minimum absolute atomic E-state index is 0.176. The molecule has 0 bridgehead atoms. The Kier molecular flexibility index (Phi) is 4.22. The largest absolute Gasteiger partial charge is 0.478 e. The van der Waals surface area contributed by atoms with E-state index in [1.807, 2.05) is 20.0 Å². The Bertz CT molecular complexity index is 1290. The average molecular weight is 400 g/mol. The van der Waals surface area contributed by atoms with E-state index in [-0.39, 0.29) is 10.9 Å². The van der Waals surface area contributed by atoms with Crippen LogP contribution in [0.25, 0.3) is 21.8 Å². The first-order valence-electron chi connectivity index (χ1n) is 8.65. The van der Waals surface area contributed by atoms with Gasteiger partial charge in [0, 0.05) is 23.1 Å². The molecule has 3 aromatic heterocycles. The molecule has 0 aliphatic carbocycles. The SMILES string of the molecule is COc1nn(C(C)C)cc1Nc1nc2ccc(S(C)(=O)=O)cc2c2cn[nH]c12. The number of rotatable bonds is 5. The molecule has 0 saturated carbocycles. The van der Waals surface area contributed by atoms with Crippen LogP contribution >= 0.6 is 0 Å². The van der Waals surface area contributed by atoms with Crippen molar-refractivity contribution >= 4 is 43.1 Å². The maximum absolute atomic E-state index is 11.9. The van der Waals surface area contributed by atoms with Crippen LogP contribution in [0.4, 0.5) is 11.5 Å². The molecule has 10 heteroatoms. The van der Waals surface area contributed by atoms with Crippen LogP contribution in [0.2, 0.25) is 0 Å². The van der Waals surface area contributed by atoms with Crippen LogP contribution < -0.4 is 10.1 Å². The lowest BCUT2D eigenvalue weighted by Gasteiger charge is -2.09. The summed E-state index contributed by atoms with van der Waals surface area (Å²) in [6.07, 6.45) is 4.69. The Morgan fingerprint density at radius 2 is 2.04 bits per heavy atom. The van der Waals surface area contributed by atoms with Gasteiger partial charge in [-0.2, -0.15) is 5.10 Å². The van der Waals surface area contributed by atoms with Crippen molar-refractivity contribution in [2.45, 2.75) is 24.8 Å². The normalized spacial score (nSPS) is 12.2. The zero-order chi connectivity index (χ0) is 20.1. The van der Waals surface area contributed by atoms with E-state index in [2.05, 4.69) is 25.6 Å². The summed E-state index contributed by atoms with van der Waals surface area (Å²) in [4.78, 5) is 4.89. The number of methoxy groups -OCH3 is 1. The van der Waals surface area contributed by atoms with Gasteiger partial charge in [-0.25, -0.2) is 13.4 Å². The Morgan fingerprint density at radius 3 is 2.71 bits per heavy atom. The third-order valence-corrected chi connectivity index (χ3v) is 5.58. The minimum atomic E-state index is -3.32. The van der Waals surface area contributed by atoms with Crippen molar-refractivity contribution in [1.29, 1.82) is 0 Å². The summed E-state index contributed by atoms with van der Waals surface area (Å²) in [6.45, 7) is 4.05. The van der Waals surface area contributed by atoms with Gasteiger partial charge in [0.1, 0.15) is 11.2 Å². The second-order valence-corrected chi connectivity index (χ2v) is 8.84. The molecule has 9 nitrogen and oxygen atoms in total. The molecule has 1 aromatic carbocycles. The highest BCUT2D eigenvalue weighted by atomic mass is 32.2. The number of aromatic nitrogens is 5. The van der Waals surface area contributed by atoms with Crippen LogP contribution in [0.5, 0.6) is 5.88 Å². The number of nitrogens with zero attached hydrogens (tertiary/aromatic N) is 4. The van der Waals surface area contributed by atoms with Gasteiger partial charge >= 0.3 is 0 Å². The Morgan fingerprint density at radius 1 is 1.25 bits per heavy atom. The molecule has 28 heavy (non-hydrogen) atoms. The van der Waals surface area contributed by atoms with Crippen molar-refractivity contribution in [3.63, 3.8) is 0 Å². The average Bonchev–Trinajstić information content (AvgIpc) is 3.28. The molecule has 0 radical (unpaired) electrons. The molecule has 0 amide bonds. The topological polar surface area (TPSA) is 115 Å². The lowest BCUT2D eigenvalue weighted by atomic mass is 10.1. The quantitative estimate of drug-likeness (QED) is 0.529. The Hall–Kier alpha value is -3.14. The van der Waals surface area contributed by atoms with E-state index >= 15 is 0 Å². The smallest absolute Gasteiger partial charge is 0.256 e. The maximum Gasteiger partial charge on any atom is 0.256 e. The Balaban J connectivity index is 1.87. The van der Waals surface area contributed by atoms with Crippen LogP contribution in [0.3, 0.4) is 0 Å². The second-order valence-electron chi connectivity index (χ2n) is 6.82. The van der Waals surface area contributed by atoms with E-state index in [0.29, 0.717) is 33.8 Å². The molecule has 146 valence electrons. The van der Waals surface area contributed by atoms with Crippen molar-refractivity contribution < 1.29 is 13.2 Å². The lowest BCUT2D eigenvalue weighted by Crippen LogP contribution is -2.00. The third kappa shape index (κ3) is 3.05. The van der Waals surface area contributed by atoms with E-state index in [0.717, 1.165) is 5.39 Å². The van der Waals surface area contributed by atoms with Crippen molar-refractivity contribution in [3.8, 4) is 5.88 Å². The number of aromatic amines is 1. The van der Waals surface area contributed by atoms with E-state index in [4.69, 9.17) is 4.74 Å². The maximum atomic E-state index is 11.9. The first-order chi connectivity index (χ1) is 13.3. The molecular formula is C18H20N6O3S. The fourth-order valence-electron chi connectivity index (χ4n) is 3.00. The van der Waals surface area contributed by atoms with Gasteiger partial charge in [-0.05, 0) is 32.0 Å². The second kappa shape index (κ2) is 6.48. The monoisotopic (exact) mass is 400 g/mol. The highest BCUT2D eigenvalue weighted by molar-refractivity contribution is 7.90. The van der Waals surface area contributed by atoms with Crippen LogP contribution in [-0.4, -0.2) is 46.7 Å². The fraction of sp³-hybridized carbons (Fsp3) is 0.278. The highest BCUT2D eigenvalue weighted by Crippen LogP contribution is 2.33. The summed E-state index contributed by atoms with van der Waals surface area (Å²) < 4.78 is 31.0. The zero-order valence-electron chi connectivity index (χ0n) is 15.9. The number of fused-ring (bicyclic) bond motifs is 3. The van der Waals surface area contributed by atoms with Crippen molar-refractivity contribution in [1.82, 2.24) is 25.0 Å². The number of ether oxygens (including phenoxy) is 1. The van der Waals surface area contributed by atoms with Gasteiger partial charge in [0.05, 0.1) is 29.9 Å². The molecule has 2 N–H and O–H groups in total. The minimum Gasteiger partial charge on any atom is -0.478 e. The Labute approximate surface area is 161 Å².